The molecule has 0 bridgehead atoms. The molecule has 1 spiro atoms. The first-order valence-corrected chi connectivity index (χ1v) is 12.1. The van der Waals surface area contributed by atoms with Crippen LogP contribution in [0, 0.1) is 5.41 Å². The Morgan fingerprint density at radius 2 is 1.97 bits per heavy atom. The maximum Gasteiger partial charge on any atom is 0.208 e. The van der Waals surface area contributed by atoms with Gasteiger partial charge < -0.3 is 19.3 Å². The van der Waals surface area contributed by atoms with E-state index in [1.807, 2.05) is 5.51 Å². The second-order valence-electron chi connectivity index (χ2n) is 9.16. The molecule has 7 heteroatoms. The fraction of sp³-hybridized carbons (Fsp3) is 0.652. The number of methoxy groups -OCH3 is 1. The van der Waals surface area contributed by atoms with Gasteiger partial charge in [0.25, 0.3) is 0 Å². The second-order valence-corrected chi connectivity index (χ2v) is 9.97. The van der Waals surface area contributed by atoms with Crippen LogP contribution in [0.4, 0.5) is 5.13 Å². The summed E-state index contributed by atoms with van der Waals surface area (Å²) in [6.45, 7) is 6.00. The zero-order chi connectivity index (χ0) is 20.4. The predicted octanol–water partition coefficient (Wildman–Crippen LogP) is 3.80. The van der Waals surface area contributed by atoms with E-state index < -0.39 is 0 Å². The molecule has 0 amide bonds. The van der Waals surface area contributed by atoms with Crippen molar-refractivity contribution in [2.24, 2.45) is 5.41 Å². The zero-order valence-corrected chi connectivity index (χ0v) is 18.6. The van der Waals surface area contributed by atoms with E-state index in [1.165, 1.54) is 63.8 Å². The Bertz CT molecular complexity index is 816. The lowest BCUT2D eigenvalue weighted by Crippen LogP contribution is -2.56. The third kappa shape index (κ3) is 4.07. The van der Waals surface area contributed by atoms with Crippen molar-refractivity contribution in [1.82, 2.24) is 15.1 Å². The quantitative estimate of drug-likeness (QED) is 0.625. The Labute approximate surface area is 183 Å². The van der Waals surface area contributed by atoms with Gasteiger partial charge in [-0.1, -0.05) is 29.5 Å². The minimum Gasteiger partial charge on any atom is -0.491 e. The Kier molecular flexibility index (Phi) is 5.94. The maximum absolute atomic E-state index is 6.00. The lowest BCUT2D eigenvalue weighted by molar-refractivity contribution is 0.129. The van der Waals surface area contributed by atoms with Crippen molar-refractivity contribution >= 4 is 16.5 Å². The summed E-state index contributed by atoms with van der Waals surface area (Å²) in [5, 5.41) is 9.32. The SMILES string of the molecule is COCCOc1ccccc1C1CCN([C@@H]2CCC3(C2)CN(c2nncs2)C3)CC1. The molecule has 5 rings (SSSR count). The van der Waals surface area contributed by atoms with E-state index in [-0.39, 0.29) is 0 Å². The Morgan fingerprint density at radius 3 is 2.73 bits per heavy atom. The smallest absolute Gasteiger partial charge is 0.208 e. The van der Waals surface area contributed by atoms with Gasteiger partial charge in [-0.15, -0.1) is 10.2 Å². The standard InChI is InChI=1S/C23H32N4O2S/c1-28-12-13-29-21-5-3-2-4-20(21)18-7-10-26(11-8-18)19-6-9-23(14-19)15-27(16-23)22-25-24-17-30-22/h2-5,17-19H,6-16H2,1H3/t19-/m1/s1. The van der Waals surface area contributed by atoms with E-state index in [4.69, 9.17) is 9.47 Å². The number of para-hydroxylation sites is 1. The van der Waals surface area contributed by atoms with E-state index in [0.29, 0.717) is 24.5 Å². The normalized spacial score (nSPS) is 24.3. The van der Waals surface area contributed by atoms with Gasteiger partial charge in [0.2, 0.25) is 5.13 Å². The molecule has 2 aromatic rings. The van der Waals surface area contributed by atoms with Crippen LogP contribution in [0.5, 0.6) is 5.75 Å². The van der Waals surface area contributed by atoms with Crippen LogP contribution in [0.3, 0.4) is 0 Å². The molecule has 3 heterocycles. The van der Waals surface area contributed by atoms with Gasteiger partial charge in [0.1, 0.15) is 17.9 Å². The first-order valence-electron chi connectivity index (χ1n) is 11.2. The molecule has 3 fully saturated rings. The first kappa shape index (κ1) is 20.2. The largest absolute Gasteiger partial charge is 0.491 e. The van der Waals surface area contributed by atoms with E-state index in [9.17, 15) is 0 Å². The first-order chi connectivity index (χ1) is 14.8. The maximum atomic E-state index is 6.00. The van der Waals surface area contributed by atoms with Crippen LogP contribution in [0.2, 0.25) is 0 Å². The third-order valence-corrected chi connectivity index (χ3v) is 8.05. The van der Waals surface area contributed by atoms with Crippen LogP contribution in [0.1, 0.15) is 43.6 Å². The highest BCUT2D eigenvalue weighted by Gasteiger charge is 2.50. The highest BCUT2D eigenvalue weighted by molar-refractivity contribution is 7.13. The van der Waals surface area contributed by atoms with Crippen molar-refractivity contribution < 1.29 is 9.47 Å². The summed E-state index contributed by atoms with van der Waals surface area (Å²) >= 11 is 1.66. The summed E-state index contributed by atoms with van der Waals surface area (Å²) in [7, 11) is 1.72. The van der Waals surface area contributed by atoms with Crippen molar-refractivity contribution in [3.8, 4) is 5.75 Å². The molecule has 0 N–H and O–H groups in total. The van der Waals surface area contributed by atoms with Gasteiger partial charge >= 0.3 is 0 Å². The number of aromatic nitrogens is 2. The summed E-state index contributed by atoms with van der Waals surface area (Å²) in [6.07, 6.45) is 6.52. The van der Waals surface area contributed by atoms with Gasteiger partial charge in [-0.25, -0.2) is 0 Å². The minimum atomic E-state index is 0.523. The molecule has 2 aliphatic heterocycles. The fourth-order valence-corrected chi connectivity index (χ4v) is 6.30. The average molecular weight is 429 g/mol. The second kappa shape index (κ2) is 8.81. The van der Waals surface area contributed by atoms with Crippen LogP contribution in [-0.2, 0) is 4.74 Å². The van der Waals surface area contributed by atoms with Gasteiger partial charge in [-0.3, -0.25) is 0 Å². The van der Waals surface area contributed by atoms with Crippen molar-refractivity contribution in [2.45, 2.75) is 44.1 Å². The highest BCUT2D eigenvalue weighted by atomic mass is 32.1. The number of hydrogen-bond donors (Lipinski definition) is 0. The molecule has 1 aromatic carbocycles. The summed E-state index contributed by atoms with van der Waals surface area (Å²) in [6, 6.07) is 9.34. The molecular weight excluding hydrogens is 396 g/mol. The van der Waals surface area contributed by atoms with Crippen LogP contribution in [-0.4, -0.2) is 67.6 Å². The molecule has 1 aromatic heterocycles. The number of benzene rings is 1. The number of ether oxygens (including phenoxy) is 2. The van der Waals surface area contributed by atoms with Gasteiger partial charge in [0, 0.05) is 31.7 Å². The van der Waals surface area contributed by atoms with Crippen molar-refractivity contribution in [3.63, 3.8) is 0 Å². The minimum absolute atomic E-state index is 0.523. The zero-order valence-electron chi connectivity index (χ0n) is 17.8. The van der Waals surface area contributed by atoms with Crippen LogP contribution in [0.25, 0.3) is 0 Å². The number of nitrogens with zero attached hydrogens (tertiary/aromatic N) is 4. The van der Waals surface area contributed by atoms with E-state index in [0.717, 1.165) is 16.9 Å². The molecule has 1 aliphatic carbocycles. The number of hydrogen-bond acceptors (Lipinski definition) is 7. The molecule has 1 saturated carbocycles. The number of piperidine rings is 1. The Hall–Kier alpha value is -1.70. The number of anilines is 1. The summed E-state index contributed by atoms with van der Waals surface area (Å²) in [5.74, 6) is 1.64. The molecule has 30 heavy (non-hydrogen) atoms. The monoisotopic (exact) mass is 428 g/mol. The predicted molar refractivity (Wildman–Crippen MR) is 120 cm³/mol. The van der Waals surface area contributed by atoms with Gasteiger partial charge in [-0.05, 0) is 62.7 Å². The highest BCUT2D eigenvalue weighted by Crippen LogP contribution is 2.49. The lowest BCUT2D eigenvalue weighted by Gasteiger charge is -2.48. The van der Waals surface area contributed by atoms with Gasteiger partial charge in [0.15, 0.2) is 0 Å². The molecule has 0 unspecified atom stereocenters. The lowest BCUT2D eigenvalue weighted by atomic mass is 9.78. The number of likely N-dealkylation sites (tertiary alicyclic amines) is 1. The summed E-state index contributed by atoms with van der Waals surface area (Å²) < 4.78 is 11.1. The van der Waals surface area contributed by atoms with Gasteiger partial charge in [0.05, 0.1) is 6.61 Å². The summed E-state index contributed by atoms with van der Waals surface area (Å²) in [4.78, 5) is 5.18. The van der Waals surface area contributed by atoms with E-state index in [2.05, 4.69) is 44.3 Å². The fourth-order valence-electron chi connectivity index (χ4n) is 5.74. The molecular formula is C23H32N4O2S. The Morgan fingerprint density at radius 1 is 1.13 bits per heavy atom. The summed E-state index contributed by atoms with van der Waals surface area (Å²) in [5.41, 5.74) is 3.74. The van der Waals surface area contributed by atoms with E-state index in [1.54, 1.807) is 18.4 Å². The number of rotatable bonds is 7. The molecule has 2 saturated heterocycles. The topological polar surface area (TPSA) is 50.7 Å². The molecule has 1 atom stereocenters. The van der Waals surface area contributed by atoms with E-state index >= 15 is 0 Å². The van der Waals surface area contributed by atoms with Crippen LogP contribution in [0.15, 0.2) is 29.8 Å². The van der Waals surface area contributed by atoms with Crippen LogP contribution < -0.4 is 9.64 Å². The molecule has 162 valence electrons. The van der Waals surface area contributed by atoms with Crippen molar-refractivity contribution in [3.05, 3.63) is 35.3 Å². The van der Waals surface area contributed by atoms with Crippen molar-refractivity contribution in [1.29, 1.82) is 0 Å². The molecule has 3 aliphatic rings. The molecule has 6 nitrogen and oxygen atoms in total. The average Bonchev–Trinajstić information content (AvgIpc) is 3.44. The third-order valence-electron chi connectivity index (χ3n) is 7.30. The molecule has 0 radical (unpaired) electrons. The van der Waals surface area contributed by atoms with Crippen LogP contribution >= 0.6 is 11.3 Å². The van der Waals surface area contributed by atoms with Crippen molar-refractivity contribution in [2.75, 3.05) is 51.4 Å². The van der Waals surface area contributed by atoms with Gasteiger partial charge in [-0.2, -0.15) is 0 Å². The Balaban J connectivity index is 1.13.